The predicted octanol–water partition coefficient (Wildman–Crippen LogP) is 3.11. The Hall–Kier alpha value is -2.19. The van der Waals surface area contributed by atoms with Crippen molar-refractivity contribution in [2.45, 2.75) is 31.6 Å². The quantitative estimate of drug-likeness (QED) is 0.607. The van der Waals surface area contributed by atoms with Crippen molar-refractivity contribution >= 4 is 10.0 Å². The van der Waals surface area contributed by atoms with Gasteiger partial charge in [0.1, 0.15) is 11.5 Å². The molecule has 1 heterocycles. The number of benzene rings is 1. The Morgan fingerprint density at radius 3 is 2.36 bits per heavy atom. The van der Waals surface area contributed by atoms with Crippen molar-refractivity contribution < 1.29 is 12.8 Å². The highest BCUT2D eigenvalue weighted by molar-refractivity contribution is 7.89. The fourth-order valence-corrected chi connectivity index (χ4v) is 3.35. The van der Waals surface area contributed by atoms with Gasteiger partial charge in [-0.25, -0.2) is 12.7 Å². The molecule has 0 N–H and O–H groups in total. The summed E-state index contributed by atoms with van der Waals surface area (Å²) in [7, 11) is -3.65. The van der Waals surface area contributed by atoms with E-state index in [1.165, 1.54) is 0 Å². The molecule has 0 saturated heterocycles. The first kappa shape index (κ1) is 16.2. The van der Waals surface area contributed by atoms with Crippen LogP contribution in [-0.2, 0) is 16.4 Å². The van der Waals surface area contributed by atoms with E-state index >= 15 is 0 Å². The topological polar surface area (TPSA) is 50.5 Å². The van der Waals surface area contributed by atoms with Crippen LogP contribution in [0.15, 0.2) is 45.7 Å². The summed E-state index contributed by atoms with van der Waals surface area (Å²) in [5, 5.41) is 0. The van der Waals surface area contributed by atoms with E-state index in [9.17, 15) is 8.42 Å². The molecule has 4 nitrogen and oxygen atoms in total. The predicted molar refractivity (Wildman–Crippen MR) is 85.7 cm³/mol. The Morgan fingerprint density at radius 1 is 1.14 bits per heavy atom. The maximum Gasteiger partial charge on any atom is 0.270 e. The van der Waals surface area contributed by atoms with Crippen LogP contribution in [0.25, 0.3) is 0 Å². The Balaban J connectivity index is 2.04. The lowest BCUT2D eigenvalue weighted by atomic mass is 10.2. The van der Waals surface area contributed by atoms with Crippen molar-refractivity contribution in [3.05, 3.63) is 53.5 Å². The Labute approximate surface area is 131 Å². The van der Waals surface area contributed by atoms with Crippen molar-refractivity contribution in [1.82, 2.24) is 4.31 Å². The molecule has 0 aliphatic rings. The van der Waals surface area contributed by atoms with E-state index in [2.05, 4.69) is 6.04 Å². The molecule has 0 unspecified atom stereocenters. The van der Waals surface area contributed by atoms with Gasteiger partial charge in [-0.05, 0) is 44.5 Å². The van der Waals surface area contributed by atoms with Crippen LogP contribution in [0.5, 0.6) is 0 Å². The molecule has 1 aromatic heterocycles. The van der Waals surface area contributed by atoms with Crippen molar-refractivity contribution in [3.8, 4) is 12.5 Å². The van der Waals surface area contributed by atoms with Gasteiger partial charge in [0.25, 0.3) is 10.0 Å². The van der Waals surface area contributed by atoms with E-state index in [-0.39, 0.29) is 11.4 Å². The van der Waals surface area contributed by atoms with Gasteiger partial charge >= 0.3 is 0 Å². The normalized spacial score (nSPS) is 11.1. The molecule has 0 bridgehead atoms. The van der Waals surface area contributed by atoms with E-state index in [0.29, 0.717) is 12.8 Å². The molecular formula is C17H19NO3S. The fourth-order valence-electron chi connectivity index (χ4n) is 2.11. The number of nitrogens with zero attached hydrogens (tertiary/aromatic N) is 1. The molecule has 0 spiro atoms. The van der Waals surface area contributed by atoms with Crippen LogP contribution in [0.3, 0.4) is 0 Å². The Bertz CT molecular complexity index is 767. The molecule has 0 aliphatic carbocycles. The highest BCUT2D eigenvalue weighted by Crippen LogP contribution is 2.17. The van der Waals surface area contributed by atoms with Gasteiger partial charge in [-0.2, -0.15) is 0 Å². The first-order valence-electron chi connectivity index (χ1n) is 7.04. The minimum absolute atomic E-state index is 0.213. The van der Waals surface area contributed by atoms with Crippen LogP contribution in [0, 0.1) is 26.3 Å². The molecule has 0 radical (unpaired) electrons. The summed E-state index contributed by atoms with van der Waals surface area (Å²) in [6.07, 6.45) is 6.63. The van der Waals surface area contributed by atoms with Crippen LogP contribution in [-0.4, -0.2) is 19.3 Å². The SMILES string of the molecule is C#CN(CCCc1ccc(C)o1)S(=O)(=O)c1ccc(C)cc1. The maximum absolute atomic E-state index is 12.5. The second-order valence-electron chi connectivity index (χ2n) is 5.14. The number of terminal acetylenes is 1. The van der Waals surface area contributed by atoms with Crippen molar-refractivity contribution in [1.29, 1.82) is 0 Å². The van der Waals surface area contributed by atoms with Gasteiger partial charge in [-0.3, -0.25) is 0 Å². The third-order valence-electron chi connectivity index (χ3n) is 3.33. The standard InChI is InChI=1S/C17H19NO3S/c1-4-18(13-5-6-16-10-9-15(3)21-16)22(19,20)17-11-7-14(2)8-12-17/h1,7-12H,5-6,13H2,2-3H3. The zero-order valence-corrected chi connectivity index (χ0v) is 13.6. The van der Waals surface area contributed by atoms with Gasteiger partial charge in [0.15, 0.2) is 0 Å². The molecule has 0 amide bonds. The summed E-state index contributed by atoms with van der Waals surface area (Å²) in [5.74, 6) is 1.68. The average molecular weight is 317 g/mol. The zero-order chi connectivity index (χ0) is 16.2. The Kier molecular flexibility index (Phi) is 4.94. The minimum atomic E-state index is -3.65. The minimum Gasteiger partial charge on any atom is -0.466 e. The molecule has 1 aromatic carbocycles. The second kappa shape index (κ2) is 6.71. The van der Waals surface area contributed by atoms with Gasteiger partial charge in [0.2, 0.25) is 0 Å². The summed E-state index contributed by atoms with van der Waals surface area (Å²) in [6.45, 7) is 4.03. The molecule has 2 rings (SSSR count). The van der Waals surface area contributed by atoms with E-state index in [1.807, 2.05) is 26.0 Å². The van der Waals surface area contributed by atoms with Crippen molar-refractivity contribution in [2.24, 2.45) is 0 Å². The van der Waals surface area contributed by atoms with Gasteiger partial charge < -0.3 is 4.42 Å². The lowest BCUT2D eigenvalue weighted by Gasteiger charge is -2.17. The smallest absolute Gasteiger partial charge is 0.270 e. The van der Waals surface area contributed by atoms with Gasteiger partial charge in [-0.1, -0.05) is 24.1 Å². The number of aryl methyl sites for hydroxylation is 3. The monoisotopic (exact) mass is 317 g/mol. The molecule has 116 valence electrons. The first-order chi connectivity index (χ1) is 10.4. The molecule has 22 heavy (non-hydrogen) atoms. The number of furan rings is 1. The van der Waals surface area contributed by atoms with Gasteiger partial charge in [-0.15, -0.1) is 0 Å². The van der Waals surface area contributed by atoms with E-state index < -0.39 is 10.0 Å². The molecule has 0 saturated carbocycles. The largest absolute Gasteiger partial charge is 0.466 e. The lowest BCUT2D eigenvalue weighted by molar-refractivity contribution is 0.457. The molecule has 0 fully saturated rings. The zero-order valence-electron chi connectivity index (χ0n) is 12.7. The summed E-state index contributed by atoms with van der Waals surface area (Å²) >= 11 is 0. The molecule has 5 heteroatoms. The highest BCUT2D eigenvalue weighted by Gasteiger charge is 2.21. The average Bonchev–Trinajstić information content (AvgIpc) is 2.89. The molecule has 0 atom stereocenters. The van der Waals surface area contributed by atoms with Gasteiger partial charge in [0.05, 0.1) is 4.90 Å². The first-order valence-corrected chi connectivity index (χ1v) is 8.48. The van der Waals surface area contributed by atoms with Crippen molar-refractivity contribution in [2.75, 3.05) is 6.54 Å². The van der Waals surface area contributed by atoms with Crippen LogP contribution >= 0.6 is 0 Å². The van der Waals surface area contributed by atoms with E-state index in [4.69, 9.17) is 10.8 Å². The molecule has 0 aliphatic heterocycles. The second-order valence-corrected chi connectivity index (χ2v) is 7.00. The number of hydrogen-bond donors (Lipinski definition) is 0. The number of sulfonamides is 1. The van der Waals surface area contributed by atoms with Gasteiger partial charge in [0, 0.05) is 19.0 Å². The maximum atomic E-state index is 12.5. The van der Waals surface area contributed by atoms with Crippen LogP contribution < -0.4 is 0 Å². The van der Waals surface area contributed by atoms with E-state index in [1.54, 1.807) is 24.3 Å². The summed E-state index contributed by atoms with van der Waals surface area (Å²) in [6, 6.07) is 12.7. The summed E-state index contributed by atoms with van der Waals surface area (Å²) < 4.78 is 31.5. The highest BCUT2D eigenvalue weighted by atomic mass is 32.2. The van der Waals surface area contributed by atoms with Crippen LogP contribution in [0.4, 0.5) is 0 Å². The summed E-state index contributed by atoms with van der Waals surface area (Å²) in [4.78, 5) is 0.213. The number of rotatable bonds is 6. The van der Waals surface area contributed by atoms with Crippen molar-refractivity contribution in [3.63, 3.8) is 0 Å². The third-order valence-corrected chi connectivity index (χ3v) is 5.07. The van der Waals surface area contributed by atoms with Crippen LogP contribution in [0.2, 0.25) is 0 Å². The molecule has 2 aromatic rings. The van der Waals surface area contributed by atoms with E-state index in [0.717, 1.165) is 21.4 Å². The van der Waals surface area contributed by atoms with Crippen LogP contribution in [0.1, 0.15) is 23.5 Å². The Morgan fingerprint density at radius 2 is 1.82 bits per heavy atom. The number of hydrogen-bond acceptors (Lipinski definition) is 3. The fraction of sp³-hybridized carbons (Fsp3) is 0.294. The lowest BCUT2D eigenvalue weighted by Crippen LogP contribution is -2.27. The molecular weight excluding hydrogens is 298 g/mol. The third kappa shape index (κ3) is 3.71. The summed E-state index contributed by atoms with van der Waals surface area (Å²) in [5.41, 5.74) is 0.999.